The van der Waals surface area contributed by atoms with Gasteiger partial charge < -0.3 is 10.4 Å². The van der Waals surface area contributed by atoms with Crippen molar-refractivity contribution in [2.75, 3.05) is 18.9 Å². The van der Waals surface area contributed by atoms with Gasteiger partial charge in [-0.25, -0.2) is 13.1 Å². The smallest absolute Gasteiger partial charge is 0.311 e. The maximum atomic E-state index is 12.0. The molecule has 0 bridgehead atoms. The first-order chi connectivity index (χ1) is 9.91. The van der Waals surface area contributed by atoms with Crippen molar-refractivity contribution >= 4 is 21.7 Å². The molecule has 0 saturated heterocycles. The van der Waals surface area contributed by atoms with E-state index < -0.39 is 21.4 Å². The molecule has 7 heteroatoms. The lowest BCUT2D eigenvalue weighted by molar-refractivity contribution is -0.147. The Balaban J connectivity index is 2.23. The first kappa shape index (κ1) is 15.8. The monoisotopic (exact) mass is 312 g/mol. The summed E-state index contributed by atoms with van der Waals surface area (Å²) in [6, 6.07) is 6.50. The first-order valence-corrected chi connectivity index (χ1v) is 8.39. The van der Waals surface area contributed by atoms with Gasteiger partial charge in [0.2, 0.25) is 10.0 Å². The Bertz CT molecular complexity index is 622. The molecule has 1 aliphatic carbocycles. The van der Waals surface area contributed by atoms with Crippen molar-refractivity contribution in [2.45, 2.75) is 30.6 Å². The third-order valence-electron chi connectivity index (χ3n) is 4.08. The fraction of sp³-hybridized carbons (Fsp3) is 0.500. The molecule has 6 nitrogen and oxygen atoms in total. The van der Waals surface area contributed by atoms with E-state index in [2.05, 4.69) is 10.0 Å². The van der Waals surface area contributed by atoms with Crippen LogP contribution in [0.5, 0.6) is 0 Å². The van der Waals surface area contributed by atoms with Crippen LogP contribution in [0.15, 0.2) is 29.2 Å². The Morgan fingerprint density at radius 2 is 1.90 bits per heavy atom. The summed E-state index contributed by atoms with van der Waals surface area (Å²) in [6.07, 6.45) is 3.03. The topological polar surface area (TPSA) is 95.5 Å². The third kappa shape index (κ3) is 3.19. The van der Waals surface area contributed by atoms with Gasteiger partial charge in [0, 0.05) is 6.54 Å². The summed E-state index contributed by atoms with van der Waals surface area (Å²) in [5.74, 6) is -0.818. The van der Waals surface area contributed by atoms with Gasteiger partial charge in [-0.15, -0.1) is 0 Å². The van der Waals surface area contributed by atoms with Gasteiger partial charge in [-0.2, -0.15) is 0 Å². The van der Waals surface area contributed by atoms with Crippen LogP contribution in [0.1, 0.15) is 25.7 Å². The number of benzene rings is 1. The normalized spacial score (nSPS) is 17.6. The molecule has 0 spiro atoms. The molecule has 0 atom stereocenters. The zero-order valence-electron chi connectivity index (χ0n) is 11.9. The highest BCUT2D eigenvalue weighted by atomic mass is 32.2. The van der Waals surface area contributed by atoms with E-state index in [1.807, 2.05) is 0 Å². The van der Waals surface area contributed by atoms with E-state index in [0.717, 1.165) is 12.8 Å². The molecule has 1 aliphatic rings. The predicted molar refractivity (Wildman–Crippen MR) is 79.7 cm³/mol. The summed E-state index contributed by atoms with van der Waals surface area (Å²) >= 11 is 0. The van der Waals surface area contributed by atoms with E-state index in [-0.39, 0.29) is 11.4 Å². The van der Waals surface area contributed by atoms with Crippen molar-refractivity contribution in [3.8, 4) is 0 Å². The Labute approximate surface area is 124 Å². The number of sulfonamides is 1. The van der Waals surface area contributed by atoms with E-state index >= 15 is 0 Å². The minimum absolute atomic E-state index is 0.131. The van der Waals surface area contributed by atoms with E-state index in [9.17, 15) is 18.3 Å². The van der Waals surface area contributed by atoms with Gasteiger partial charge in [0.25, 0.3) is 0 Å². The maximum Gasteiger partial charge on any atom is 0.311 e. The molecule has 0 aliphatic heterocycles. The lowest BCUT2D eigenvalue weighted by Gasteiger charge is -2.25. The highest BCUT2D eigenvalue weighted by Crippen LogP contribution is 2.38. The number of hydrogen-bond donors (Lipinski definition) is 3. The predicted octanol–water partition coefficient (Wildman–Crippen LogP) is 1.65. The summed E-state index contributed by atoms with van der Waals surface area (Å²) in [4.78, 5) is 11.6. The van der Waals surface area contributed by atoms with Crippen molar-refractivity contribution < 1.29 is 18.3 Å². The van der Waals surface area contributed by atoms with Crippen molar-refractivity contribution in [1.82, 2.24) is 4.72 Å². The molecule has 1 saturated carbocycles. The number of para-hydroxylation sites is 1. The fourth-order valence-electron chi connectivity index (χ4n) is 2.74. The molecular formula is C14H20N2O4S. The third-order valence-corrected chi connectivity index (χ3v) is 5.55. The molecule has 0 radical (unpaired) electrons. The average Bonchev–Trinajstić information content (AvgIpc) is 2.95. The van der Waals surface area contributed by atoms with E-state index in [4.69, 9.17) is 0 Å². The zero-order chi connectivity index (χ0) is 15.5. The van der Waals surface area contributed by atoms with E-state index in [1.54, 1.807) is 18.2 Å². The van der Waals surface area contributed by atoms with E-state index in [0.29, 0.717) is 18.5 Å². The molecule has 21 heavy (non-hydrogen) atoms. The number of anilines is 1. The van der Waals surface area contributed by atoms with Crippen LogP contribution in [-0.4, -0.2) is 33.1 Å². The van der Waals surface area contributed by atoms with Crippen LogP contribution < -0.4 is 10.0 Å². The molecule has 0 aromatic heterocycles. The van der Waals surface area contributed by atoms with Gasteiger partial charge in [-0.1, -0.05) is 25.0 Å². The lowest BCUT2D eigenvalue weighted by atomic mass is 9.86. The Morgan fingerprint density at radius 3 is 2.48 bits per heavy atom. The van der Waals surface area contributed by atoms with E-state index in [1.165, 1.54) is 13.1 Å². The van der Waals surface area contributed by atoms with Crippen LogP contribution in [0.4, 0.5) is 5.69 Å². The molecule has 1 fully saturated rings. The fourth-order valence-corrected chi connectivity index (χ4v) is 3.65. The lowest BCUT2D eigenvalue weighted by Crippen LogP contribution is -2.35. The molecular weight excluding hydrogens is 292 g/mol. The van der Waals surface area contributed by atoms with Crippen LogP contribution in [-0.2, 0) is 14.8 Å². The summed E-state index contributed by atoms with van der Waals surface area (Å²) < 4.78 is 26.2. The molecule has 3 N–H and O–H groups in total. The maximum absolute atomic E-state index is 12.0. The number of nitrogens with one attached hydrogen (secondary N) is 2. The first-order valence-electron chi connectivity index (χ1n) is 6.91. The molecule has 2 rings (SSSR count). The van der Waals surface area contributed by atoms with Crippen LogP contribution in [0.2, 0.25) is 0 Å². The molecule has 1 aromatic carbocycles. The Kier molecular flexibility index (Phi) is 4.53. The highest BCUT2D eigenvalue weighted by Gasteiger charge is 2.41. The van der Waals surface area contributed by atoms with Crippen LogP contribution in [0.3, 0.4) is 0 Å². The van der Waals surface area contributed by atoms with Crippen LogP contribution >= 0.6 is 0 Å². The molecule has 0 unspecified atom stereocenters. The van der Waals surface area contributed by atoms with Gasteiger partial charge in [0.05, 0.1) is 11.1 Å². The molecule has 0 heterocycles. The number of carboxylic acid groups (broad SMARTS) is 1. The van der Waals surface area contributed by atoms with Crippen molar-refractivity contribution in [1.29, 1.82) is 0 Å². The van der Waals surface area contributed by atoms with Crippen LogP contribution in [0, 0.1) is 5.41 Å². The molecule has 116 valence electrons. The standard InChI is InChI=1S/C14H20N2O4S/c1-15-21(19,20)12-7-3-2-6-11(12)16-10-14(13(17)18)8-4-5-9-14/h2-3,6-7,15-16H,4-5,8-10H2,1H3,(H,17,18). The number of carbonyl (C=O) groups is 1. The van der Waals surface area contributed by atoms with Gasteiger partial charge >= 0.3 is 5.97 Å². The minimum Gasteiger partial charge on any atom is -0.481 e. The van der Waals surface area contributed by atoms with Crippen LogP contribution in [0.25, 0.3) is 0 Å². The average molecular weight is 312 g/mol. The van der Waals surface area contributed by atoms with Gasteiger partial charge in [-0.3, -0.25) is 4.79 Å². The second-order valence-electron chi connectivity index (χ2n) is 5.35. The number of rotatable bonds is 6. The van der Waals surface area contributed by atoms with Crippen molar-refractivity contribution in [2.24, 2.45) is 5.41 Å². The second-order valence-corrected chi connectivity index (χ2v) is 7.20. The Morgan fingerprint density at radius 1 is 1.29 bits per heavy atom. The number of hydrogen-bond acceptors (Lipinski definition) is 4. The van der Waals surface area contributed by atoms with Gasteiger partial charge in [0.15, 0.2) is 0 Å². The Hall–Kier alpha value is -1.60. The highest BCUT2D eigenvalue weighted by molar-refractivity contribution is 7.89. The minimum atomic E-state index is -3.57. The van der Waals surface area contributed by atoms with Gasteiger partial charge in [0.1, 0.15) is 4.90 Å². The van der Waals surface area contributed by atoms with Crippen molar-refractivity contribution in [3.63, 3.8) is 0 Å². The molecule has 1 aromatic rings. The summed E-state index contributed by atoms with van der Waals surface area (Å²) in [6.45, 7) is 0.235. The SMILES string of the molecule is CNS(=O)(=O)c1ccccc1NCC1(C(=O)O)CCCC1. The zero-order valence-corrected chi connectivity index (χ0v) is 12.7. The second kappa shape index (κ2) is 6.03. The quantitative estimate of drug-likeness (QED) is 0.742. The summed E-state index contributed by atoms with van der Waals surface area (Å²) in [7, 11) is -2.23. The van der Waals surface area contributed by atoms with Gasteiger partial charge in [-0.05, 0) is 32.0 Å². The largest absolute Gasteiger partial charge is 0.481 e. The summed E-state index contributed by atoms with van der Waals surface area (Å²) in [5.41, 5.74) is -0.365. The summed E-state index contributed by atoms with van der Waals surface area (Å²) in [5, 5.41) is 12.5. The molecule has 0 amide bonds. The number of aliphatic carboxylic acids is 1. The number of carboxylic acids is 1. The van der Waals surface area contributed by atoms with Crippen molar-refractivity contribution in [3.05, 3.63) is 24.3 Å².